The van der Waals surface area contributed by atoms with Gasteiger partial charge in [0, 0.05) is 31.3 Å². The Kier molecular flexibility index (Phi) is 7.73. The molecule has 9 heteroatoms. The van der Waals surface area contributed by atoms with Gasteiger partial charge in [-0.25, -0.2) is 9.59 Å². The molecule has 0 aromatic heterocycles. The van der Waals surface area contributed by atoms with Crippen molar-refractivity contribution >= 4 is 29.7 Å². The Labute approximate surface area is 243 Å². The van der Waals surface area contributed by atoms with E-state index in [1.165, 1.54) is 22.2 Å². The van der Waals surface area contributed by atoms with E-state index < -0.39 is 23.6 Å². The maximum absolute atomic E-state index is 14.0. The molecular weight excluding hydrogens is 538 g/mol. The lowest BCUT2D eigenvalue weighted by atomic mass is 9.85. The highest BCUT2D eigenvalue weighted by molar-refractivity contribution is 7.99. The Bertz CT molecular complexity index is 1390. The van der Waals surface area contributed by atoms with E-state index in [1.807, 2.05) is 42.5 Å². The van der Waals surface area contributed by atoms with Crippen molar-refractivity contribution in [2.75, 3.05) is 31.3 Å². The van der Waals surface area contributed by atoms with Gasteiger partial charge in [-0.2, -0.15) is 0 Å². The van der Waals surface area contributed by atoms with Gasteiger partial charge in [0.2, 0.25) is 5.91 Å². The molecule has 3 aromatic rings. The summed E-state index contributed by atoms with van der Waals surface area (Å²) in [4.78, 5) is 42.9. The van der Waals surface area contributed by atoms with Crippen molar-refractivity contribution in [1.29, 1.82) is 0 Å². The number of alkyl carbamates (subject to hydrolysis) is 1. The van der Waals surface area contributed by atoms with Crippen molar-refractivity contribution in [1.82, 2.24) is 15.1 Å². The first-order valence-corrected chi connectivity index (χ1v) is 15.1. The molecule has 8 nitrogen and oxygen atoms in total. The molecule has 6 rings (SSSR count). The number of benzene rings is 3. The Morgan fingerprint density at radius 2 is 1.51 bits per heavy atom. The van der Waals surface area contributed by atoms with Gasteiger partial charge < -0.3 is 20.1 Å². The normalized spacial score (nSPS) is 19.8. The van der Waals surface area contributed by atoms with Crippen LogP contribution in [-0.4, -0.2) is 75.8 Å². The summed E-state index contributed by atoms with van der Waals surface area (Å²) in [6.45, 7) is 2.06. The maximum atomic E-state index is 14.0. The van der Waals surface area contributed by atoms with Crippen LogP contribution in [0.5, 0.6) is 0 Å². The average Bonchev–Trinajstić information content (AvgIpc) is 3.61. The molecular formula is C32H33N3O5S. The van der Waals surface area contributed by atoms with E-state index in [9.17, 15) is 19.5 Å². The minimum Gasteiger partial charge on any atom is -0.480 e. The number of hydrogen-bond acceptors (Lipinski definition) is 6. The average molecular weight is 572 g/mol. The van der Waals surface area contributed by atoms with Gasteiger partial charge in [-0.1, -0.05) is 78.9 Å². The third-order valence-electron chi connectivity index (χ3n) is 8.48. The van der Waals surface area contributed by atoms with E-state index in [-0.39, 0.29) is 24.3 Å². The summed E-state index contributed by atoms with van der Waals surface area (Å²) in [7, 11) is 0. The van der Waals surface area contributed by atoms with Crippen LogP contribution in [0.3, 0.4) is 0 Å². The van der Waals surface area contributed by atoms with Crippen molar-refractivity contribution in [3.8, 4) is 11.1 Å². The summed E-state index contributed by atoms with van der Waals surface area (Å²) in [5.41, 5.74) is 4.45. The number of carboxylic acid groups (broad SMARTS) is 1. The number of ether oxygens (including phenoxy) is 1. The number of thioether (sulfide) groups is 1. The van der Waals surface area contributed by atoms with Gasteiger partial charge in [-0.15, -0.1) is 11.8 Å². The molecule has 41 heavy (non-hydrogen) atoms. The topological polar surface area (TPSA) is 99.2 Å². The third kappa shape index (κ3) is 5.44. The first-order valence-electron chi connectivity index (χ1n) is 14.0. The van der Waals surface area contributed by atoms with Crippen molar-refractivity contribution in [3.05, 3.63) is 95.6 Å². The van der Waals surface area contributed by atoms with Gasteiger partial charge >= 0.3 is 12.1 Å². The van der Waals surface area contributed by atoms with Crippen molar-refractivity contribution in [2.45, 2.75) is 36.9 Å². The zero-order valence-corrected chi connectivity index (χ0v) is 23.5. The highest BCUT2D eigenvalue weighted by atomic mass is 32.2. The third-order valence-corrected chi connectivity index (χ3v) is 9.49. The summed E-state index contributed by atoms with van der Waals surface area (Å²) in [6.07, 6.45) is 0.0858. The maximum Gasteiger partial charge on any atom is 0.408 e. The second-order valence-electron chi connectivity index (χ2n) is 10.9. The number of carbonyl (C=O) groups is 3. The van der Waals surface area contributed by atoms with Crippen LogP contribution in [0.25, 0.3) is 11.1 Å². The lowest BCUT2D eigenvalue weighted by Gasteiger charge is -2.43. The van der Waals surface area contributed by atoms with Crippen LogP contribution in [0.1, 0.15) is 35.4 Å². The first kappa shape index (κ1) is 27.4. The van der Waals surface area contributed by atoms with Gasteiger partial charge in [0.25, 0.3) is 0 Å². The smallest absolute Gasteiger partial charge is 0.408 e. The Balaban J connectivity index is 1.18. The van der Waals surface area contributed by atoms with Crippen molar-refractivity contribution < 1.29 is 24.2 Å². The van der Waals surface area contributed by atoms with E-state index in [4.69, 9.17) is 4.74 Å². The fourth-order valence-electron chi connectivity index (χ4n) is 6.28. The van der Waals surface area contributed by atoms with Crippen LogP contribution in [0, 0.1) is 0 Å². The zero-order chi connectivity index (χ0) is 28.4. The SMILES string of the molecule is O=C(NC1(C(=O)N2CSC[C@H]2C(=O)O)CCN(Cc2ccccc2)CC1)OCC1c2ccccc2-c2ccccc21. The lowest BCUT2D eigenvalue weighted by Crippen LogP contribution is -2.65. The zero-order valence-electron chi connectivity index (χ0n) is 22.7. The van der Waals surface area contributed by atoms with Crippen LogP contribution < -0.4 is 5.32 Å². The molecule has 2 amide bonds. The lowest BCUT2D eigenvalue weighted by molar-refractivity contribution is -0.151. The molecule has 2 fully saturated rings. The van der Waals surface area contributed by atoms with Crippen LogP contribution in [-0.2, 0) is 20.9 Å². The first-order chi connectivity index (χ1) is 19.9. The number of aliphatic carboxylic acids is 1. The largest absolute Gasteiger partial charge is 0.480 e. The number of nitrogens with zero attached hydrogens (tertiary/aromatic N) is 2. The quantitative estimate of drug-likeness (QED) is 0.430. The molecule has 3 aromatic carbocycles. The van der Waals surface area contributed by atoms with E-state index in [1.54, 1.807) is 0 Å². The molecule has 0 radical (unpaired) electrons. The Morgan fingerprint density at radius 1 is 0.902 bits per heavy atom. The summed E-state index contributed by atoms with van der Waals surface area (Å²) < 4.78 is 5.82. The standard InChI is InChI=1S/C32H33N3O5S/c36-29(37)28-20-41-21-35(28)30(38)32(14-16-34(17-15-32)18-22-8-2-1-3-9-22)33-31(39)40-19-27-25-12-6-4-10-23(25)24-11-5-7-13-26(24)27/h1-13,27-28H,14-21H2,(H,33,39)(H,36,37)/t28-/m0/s1. The van der Waals surface area contributed by atoms with Gasteiger partial charge in [0.15, 0.2) is 0 Å². The molecule has 2 heterocycles. The number of amides is 2. The number of carboxylic acids is 1. The van der Waals surface area contributed by atoms with Crippen molar-refractivity contribution in [2.24, 2.45) is 0 Å². The number of carbonyl (C=O) groups excluding carboxylic acids is 2. The molecule has 1 atom stereocenters. The second kappa shape index (κ2) is 11.6. The summed E-state index contributed by atoms with van der Waals surface area (Å²) in [5, 5.41) is 12.7. The minimum atomic E-state index is -1.23. The second-order valence-corrected chi connectivity index (χ2v) is 11.9. The highest BCUT2D eigenvalue weighted by Gasteiger charge is 2.49. The van der Waals surface area contributed by atoms with Crippen LogP contribution in [0.2, 0.25) is 0 Å². The Hall–Kier alpha value is -3.82. The predicted octanol–water partition coefficient (Wildman–Crippen LogP) is 4.55. The van der Waals surface area contributed by atoms with Gasteiger partial charge in [0.1, 0.15) is 18.2 Å². The highest BCUT2D eigenvalue weighted by Crippen LogP contribution is 2.44. The summed E-state index contributed by atoms with van der Waals surface area (Å²) >= 11 is 1.41. The summed E-state index contributed by atoms with van der Waals surface area (Å²) in [6, 6.07) is 25.5. The van der Waals surface area contributed by atoms with Gasteiger partial charge in [-0.3, -0.25) is 9.69 Å². The van der Waals surface area contributed by atoms with Crippen molar-refractivity contribution in [3.63, 3.8) is 0 Å². The molecule has 0 spiro atoms. The summed E-state index contributed by atoms with van der Waals surface area (Å²) in [5.74, 6) is -0.845. The molecule has 0 bridgehead atoms. The fourth-order valence-corrected chi connectivity index (χ4v) is 7.42. The monoisotopic (exact) mass is 571 g/mol. The predicted molar refractivity (Wildman–Crippen MR) is 157 cm³/mol. The van der Waals surface area contributed by atoms with Crippen LogP contribution >= 0.6 is 11.8 Å². The number of nitrogens with one attached hydrogen (secondary N) is 1. The number of hydrogen-bond donors (Lipinski definition) is 2. The molecule has 0 unspecified atom stereocenters. The molecule has 2 N–H and O–H groups in total. The molecule has 212 valence electrons. The van der Waals surface area contributed by atoms with E-state index in [0.29, 0.717) is 31.7 Å². The molecule has 2 saturated heterocycles. The van der Waals surface area contributed by atoms with Crippen LogP contribution in [0.4, 0.5) is 4.79 Å². The fraction of sp³-hybridized carbons (Fsp3) is 0.344. The number of piperidine rings is 1. The van der Waals surface area contributed by atoms with Gasteiger partial charge in [-0.05, 0) is 40.7 Å². The Morgan fingerprint density at radius 3 is 2.15 bits per heavy atom. The van der Waals surface area contributed by atoms with Gasteiger partial charge in [0.05, 0.1) is 5.88 Å². The molecule has 1 aliphatic carbocycles. The molecule has 3 aliphatic rings. The number of likely N-dealkylation sites (tertiary alicyclic amines) is 1. The number of rotatable bonds is 7. The molecule has 0 saturated carbocycles. The molecule has 2 aliphatic heterocycles. The number of fused-ring (bicyclic) bond motifs is 3. The van der Waals surface area contributed by atoms with E-state index >= 15 is 0 Å². The minimum absolute atomic E-state index is 0.0982. The van der Waals surface area contributed by atoms with E-state index in [0.717, 1.165) is 28.8 Å². The van der Waals surface area contributed by atoms with E-state index in [2.05, 4.69) is 46.6 Å². The van der Waals surface area contributed by atoms with Crippen LogP contribution in [0.15, 0.2) is 78.9 Å².